The largest absolute Gasteiger partial charge is 0.492 e. The summed E-state index contributed by atoms with van der Waals surface area (Å²) in [6.45, 7) is 1.65. The van der Waals surface area contributed by atoms with Gasteiger partial charge in [-0.3, -0.25) is 4.79 Å². The van der Waals surface area contributed by atoms with Crippen molar-refractivity contribution in [3.63, 3.8) is 0 Å². The predicted octanol–water partition coefficient (Wildman–Crippen LogP) is 2.47. The fraction of sp³-hybridized carbons (Fsp3) is 0.524. The molecule has 2 aromatic rings. The van der Waals surface area contributed by atoms with Crippen molar-refractivity contribution in [3.05, 3.63) is 33.9 Å². The summed E-state index contributed by atoms with van der Waals surface area (Å²) >= 11 is 0. The minimum absolute atomic E-state index is 0.0142. The number of methoxy groups -OCH3 is 1. The Kier molecular flexibility index (Phi) is 4.48. The van der Waals surface area contributed by atoms with Gasteiger partial charge in [0.2, 0.25) is 5.43 Å². The molecule has 3 heterocycles. The molecule has 0 bridgehead atoms. The lowest BCUT2D eigenvalue weighted by Crippen LogP contribution is -2.42. The molecule has 1 aromatic carbocycles. The molecule has 1 saturated carbocycles. The van der Waals surface area contributed by atoms with Crippen LogP contribution in [0.25, 0.3) is 10.9 Å². The predicted molar refractivity (Wildman–Crippen MR) is 107 cm³/mol. The van der Waals surface area contributed by atoms with Crippen LogP contribution in [0.1, 0.15) is 42.1 Å². The molecule has 0 spiro atoms. The quantitative estimate of drug-likeness (QED) is 0.789. The Balaban J connectivity index is 1.72. The van der Waals surface area contributed by atoms with Gasteiger partial charge in [-0.15, -0.1) is 0 Å². The highest BCUT2D eigenvalue weighted by Crippen LogP contribution is 2.45. The molecule has 9 heteroatoms. The van der Waals surface area contributed by atoms with E-state index in [1.165, 1.54) is 18.4 Å². The van der Waals surface area contributed by atoms with Crippen LogP contribution in [0.2, 0.25) is 0 Å². The van der Waals surface area contributed by atoms with E-state index >= 15 is 4.39 Å². The van der Waals surface area contributed by atoms with Gasteiger partial charge < -0.3 is 24.5 Å². The number of carboxylic acid groups (broad SMARTS) is 1. The maximum atomic E-state index is 15.4. The van der Waals surface area contributed by atoms with E-state index in [-0.39, 0.29) is 40.4 Å². The highest BCUT2D eigenvalue weighted by atomic mass is 19.1. The van der Waals surface area contributed by atoms with Gasteiger partial charge in [-0.25, -0.2) is 9.18 Å². The molecule has 1 aromatic heterocycles. The topological polar surface area (TPSA) is 95.2 Å². The van der Waals surface area contributed by atoms with Crippen LogP contribution in [0, 0.1) is 11.7 Å². The van der Waals surface area contributed by atoms with Crippen molar-refractivity contribution < 1.29 is 24.2 Å². The summed E-state index contributed by atoms with van der Waals surface area (Å²) in [7, 11) is 1.44. The zero-order valence-electron chi connectivity index (χ0n) is 16.7. The number of hydrogen-bond donors (Lipinski definition) is 2. The van der Waals surface area contributed by atoms with Crippen molar-refractivity contribution >= 4 is 22.6 Å². The first-order valence-corrected chi connectivity index (χ1v) is 10.3. The number of carbonyl (C=O) groups is 1. The molecule has 2 saturated heterocycles. The highest BCUT2D eigenvalue weighted by molar-refractivity contribution is 5.97. The lowest BCUT2D eigenvalue weighted by atomic mass is 9.94. The Morgan fingerprint density at radius 2 is 2.03 bits per heavy atom. The summed E-state index contributed by atoms with van der Waals surface area (Å²) in [6, 6.07) is 1.13. The van der Waals surface area contributed by atoms with E-state index in [9.17, 15) is 19.9 Å². The van der Waals surface area contributed by atoms with E-state index in [0.29, 0.717) is 25.2 Å². The fourth-order valence-corrected chi connectivity index (χ4v) is 5.06. The number of hydrogen-bond acceptors (Lipinski definition) is 6. The number of benzene rings is 1. The molecule has 0 amide bonds. The van der Waals surface area contributed by atoms with Gasteiger partial charge in [0.25, 0.3) is 0 Å². The van der Waals surface area contributed by atoms with Crippen LogP contribution >= 0.6 is 0 Å². The Labute approximate surface area is 172 Å². The Morgan fingerprint density at radius 1 is 1.27 bits per heavy atom. The van der Waals surface area contributed by atoms with Crippen LogP contribution < -0.4 is 15.1 Å². The number of fused-ring (bicyclic) bond motifs is 2. The van der Waals surface area contributed by atoms with E-state index in [1.54, 1.807) is 4.57 Å². The highest BCUT2D eigenvalue weighted by Gasteiger charge is 2.41. The lowest BCUT2D eigenvalue weighted by molar-refractivity contribution is -0.147. The molecule has 2 N–H and O–H groups in total. The number of aromatic carboxylic acids is 1. The molecule has 8 nitrogen and oxygen atoms in total. The molecule has 0 unspecified atom stereocenters. The van der Waals surface area contributed by atoms with Crippen molar-refractivity contribution in [2.24, 2.45) is 5.92 Å². The zero-order chi connectivity index (χ0) is 21.2. The molecule has 30 heavy (non-hydrogen) atoms. The number of halogens is 1. The van der Waals surface area contributed by atoms with Gasteiger partial charge in [-0.05, 0) is 37.7 Å². The first kappa shape index (κ1) is 19.3. The molecule has 2 aliphatic heterocycles. The maximum Gasteiger partial charge on any atom is 0.341 e. The number of anilines is 1. The Morgan fingerprint density at radius 3 is 2.67 bits per heavy atom. The second-order valence-electron chi connectivity index (χ2n) is 8.49. The van der Waals surface area contributed by atoms with Crippen molar-refractivity contribution in [1.82, 2.24) is 9.63 Å². The molecule has 5 rings (SSSR count). The molecule has 3 fully saturated rings. The van der Waals surface area contributed by atoms with Gasteiger partial charge in [0, 0.05) is 31.9 Å². The summed E-state index contributed by atoms with van der Waals surface area (Å²) in [5, 5.41) is 21.0. The first-order chi connectivity index (χ1) is 14.4. The molecule has 160 valence electrons. The molecule has 1 aliphatic carbocycles. The standard InChI is InChI=1S/C21H24FN3O5/c1-30-20-17-13(19(26)14(21(27)28)9-24(17)12-4-5-12)7-15(22)18(20)23-8-11-3-2-6-25(29)16(11)10-23/h7,9,11-12,16,29H,2-6,8,10H2,1H3,(H,27,28)/t11-,16+/m0/s1. The van der Waals surface area contributed by atoms with E-state index < -0.39 is 17.2 Å². The average molecular weight is 417 g/mol. The van der Waals surface area contributed by atoms with Gasteiger partial charge in [0.05, 0.1) is 24.1 Å². The third kappa shape index (κ3) is 2.87. The zero-order valence-corrected chi connectivity index (χ0v) is 16.7. The molecule has 3 aliphatic rings. The van der Waals surface area contributed by atoms with Crippen LogP contribution in [0.15, 0.2) is 17.1 Å². The maximum absolute atomic E-state index is 15.4. The molecular weight excluding hydrogens is 393 g/mol. The summed E-state index contributed by atoms with van der Waals surface area (Å²) in [6.07, 6.45) is 4.93. The van der Waals surface area contributed by atoms with Crippen LogP contribution in [-0.4, -0.2) is 58.7 Å². The van der Waals surface area contributed by atoms with Crippen LogP contribution in [0.3, 0.4) is 0 Å². The van der Waals surface area contributed by atoms with Gasteiger partial charge in [0.15, 0.2) is 11.6 Å². The average Bonchev–Trinajstić information content (AvgIpc) is 3.46. The molecular formula is C21H24FN3O5. The third-order valence-corrected chi connectivity index (χ3v) is 6.64. The number of ether oxygens (including phenoxy) is 1. The SMILES string of the molecule is COc1c(N2C[C@@H]3CCCN(O)[C@@H]3C2)c(F)cc2c(=O)c(C(=O)O)cn(C3CC3)c12. The van der Waals surface area contributed by atoms with Crippen molar-refractivity contribution in [2.45, 2.75) is 37.8 Å². The Hall–Kier alpha value is -2.65. The van der Waals surface area contributed by atoms with Crippen LogP contribution in [-0.2, 0) is 0 Å². The van der Waals surface area contributed by atoms with E-state index in [2.05, 4.69) is 0 Å². The van der Waals surface area contributed by atoms with Crippen LogP contribution in [0.5, 0.6) is 5.75 Å². The van der Waals surface area contributed by atoms with E-state index in [0.717, 1.165) is 31.7 Å². The minimum Gasteiger partial charge on any atom is -0.492 e. The van der Waals surface area contributed by atoms with Gasteiger partial charge >= 0.3 is 5.97 Å². The summed E-state index contributed by atoms with van der Waals surface area (Å²) < 4.78 is 22.8. The first-order valence-electron chi connectivity index (χ1n) is 10.3. The number of pyridine rings is 1. The number of rotatable bonds is 4. The number of nitrogens with zero attached hydrogens (tertiary/aromatic N) is 3. The second kappa shape index (κ2) is 6.95. The van der Waals surface area contributed by atoms with Gasteiger partial charge in [-0.2, -0.15) is 5.06 Å². The van der Waals surface area contributed by atoms with Crippen molar-refractivity contribution in [3.8, 4) is 5.75 Å². The lowest BCUT2D eigenvalue weighted by Gasteiger charge is -2.31. The monoisotopic (exact) mass is 417 g/mol. The van der Waals surface area contributed by atoms with Crippen LogP contribution in [0.4, 0.5) is 10.1 Å². The van der Waals surface area contributed by atoms with E-state index in [4.69, 9.17) is 4.74 Å². The third-order valence-electron chi connectivity index (χ3n) is 6.64. The number of piperidine rings is 1. The van der Waals surface area contributed by atoms with Gasteiger partial charge in [-0.1, -0.05) is 0 Å². The summed E-state index contributed by atoms with van der Waals surface area (Å²) in [4.78, 5) is 26.3. The number of hydroxylamine groups is 2. The Bertz CT molecular complexity index is 1100. The van der Waals surface area contributed by atoms with Gasteiger partial charge in [0.1, 0.15) is 11.3 Å². The number of aromatic nitrogens is 1. The second-order valence-corrected chi connectivity index (χ2v) is 8.49. The minimum atomic E-state index is -1.33. The summed E-state index contributed by atoms with van der Waals surface area (Å²) in [5.41, 5.74) is -0.381. The molecule has 2 atom stereocenters. The molecule has 0 radical (unpaired) electrons. The summed E-state index contributed by atoms with van der Waals surface area (Å²) in [5.74, 6) is -1.48. The van der Waals surface area contributed by atoms with Crippen molar-refractivity contribution in [1.29, 1.82) is 0 Å². The number of carboxylic acids is 1. The normalized spacial score (nSPS) is 24.3. The fourth-order valence-electron chi connectivity index (χ4n) is 5.06. The van der Waals surface area contributed by atoms with E-state index in [1.807, 2.05) is 4.90 Å². The van der Waals surface area contributed by atoms with Crippen molar-refractivity contribution in [2.75, 3.05) is 31.6 Å². The smallest absolute Gasteiger partial charge is 0.341 e.